The normalized spacial score (nSPS) is 11.0. The van der Waals surface area contributed by atoms with Crippen LogP contribution in [0.25, 0.3) is 12.2 Å². The van der Waals surface area contributed by atoms with E-state index >= 15 is 0 Å². The second-order valence-electron chi connectivity index (χ2n) is 5.92. The lowest BCUT2D eigenvalue weighted by atomic mass is 10.1. The molecule has 0 saturated carbocycles. The average molecular weight is 316 g/mol. The minimum Gasteiger partial charge on any atom is -0.399 e. The Hall–Kier alpha value is -3.07. The van der Waals surface area contributed by atoms with Gasteiger partial charge in [0.15, 0.2) is 0 Å². The van der Waals surface area contributed by atoms with Crippen LogP contribution in [0.3, 0.4) is 0 Å². The van der Waals surface area contributed by atoms with E-state index in [1.165, 1.54) is 5.56 Å². The largest absolute Gasteiger partial charge is 0.399 e. The number of aryl methyl sites for hydroxylation is 1. The van der Waals surface area contributed by atoms with Crippen LogP contribution in [0.15, 0.2) is 71.7 Å². The first-order valence-corrected chi connectivity index (χ1v) is 7.90. The minimum atomic E-state index is -0.0155. The fourth-order valence-electron chi connectivity index (χ4n) is 2.54. The zero-order valence-corrected chi connectivity index (χ0v) is 13.6. The van der Waals surface area contributed by atoms with Crippen molar-refractivity contribution in [3.8, 4) is 0 Å². The molecule has 0 saturated heterocycles. The second kappa shape index (κ2) is 7.01. The first-order valence-electron chi connectivity index (χ1n) is 7.90. The zero-order chi connectivity index (χ0) is 16.9. The lowest BCUT2D eigenvalue weighted by Gasteiger charge is -2.06. The molecule has 3 rings (SSSR count). The van der Waals surface area contributed by atoms with Crippen molar-refractivity contribution >= 4 is 17.8 Å². The highest BCUT2D eigenvalue weighted by atomic mass is 16.1. The molecular formula is C21H20N2O. The molecule has 24 heavy (non-hydrogen) atoms. The third kappa shape index (κ3) is 4.02. The smallest absolute Gasteiger partial charge is 0.251 e. The fraction of sp³-hybridized carbons (Fsp3) is 0.0952. The van der Waals surface area contributed by atoms with Gasteiger partial charge >= 0.3 is 0 Å². The van der Waals surface area contributed by atoms with Crippen molar-refractivity contribution in [2.75, 3.05) is 5.73 Å². The summed E-state index contributed by atoms with van der Waals surface area (Å²) in [6.07, 6.45) is 5.81. The molecule has 120 valence electrons. The fourth-order valence-corrected chi connectivity index (χ4v) is 2.54. The highest BCUT2D eigenvalue weighted by molar-refractivity contribution is 5.69. The van der Waals surface area contributed by atoms with Crippen LogP contribution in [-0.2, 0) is 6.54 Å². The number of benzene rings is 2. The zero-order valence-electron chi connectivity index (χ0n) is 13.6. The summed E-state index contributed by atoms with van der Waals surface area (Å²) >= 11 is 0. The van der Waals surface area contributed by atoms with Crippen LogP contribution in [0.4, 0.5) is 5.69 Å². The summed E-state index contributed by atoms with van der Waals surface area (Å²) in [6.45, 7) is 2.61. The molecule has 3 heteroatoms. The Morgan fingerprint density at radius 2 is 1.67 bits per heavy atom. The summed E-state index contributed by atoms with van der Waals surface area (Å²) in [6, 6.07) is 19.4. The molecular weight excluding hydrogens is 296 g/mol. The van der Waals surface area contributed by atoms with Crippen LogP contribution < -0.4 is 11.3 Å². The number of rotatable bonds is 4. The SMILES string of the molecule is Cc1cccc(/C=C/c2ccn(Cc3ccc(N)cc3)c(=O)c2)c1. The number of aromatic nitrogens is 1. The van der Waals surface area contributed by atoms with Crippen molar-refractivity contribution in [1.82, 2.24) is 4.57 Å². The Labute approximate surface area is 141 Å². The molecule has 0 amide bonds. The topological polar surface area (TPSA) is 48.0 Å². The molecule has 0 fully saturated rings. The highest BCUT2D eigenvalue weighted by Gasteiger charge is 1.99. The molecule has 0 atom stereocenters. The van der Waals surface area contributed by atoms with E-state index in [0.717, 1.165) is 22.4 Å². The Morgan fingerprint density at radius 1 is 0.958 bits per heavy atom. The van der Waals surface area contributed by atoms with Gasteiger partial charge in [0, 0.05) is 18.0 Å². The van der Waals surface area contributed by atoms with Gasteiger partial charge in [-0.15, -0.1) is 0 Å². The first-order chi connectivity index (χ1) is 11.6. The molecule has 0 aliphatic carbocycles. The van der Waals surface area contributed by atoms with Gasteiger partial charge in [-0.1, -0.05) is 54.1 Å². The van der Waals surface area contributed by atoms with Crippen molar-refractivity contribution < 1.29 is 0 Å². The average Bonchev–Trinajstić information content (AvgIpc) is 2.57. The summed E-state index contributed by atoms with van der Waals surface area (Å²) in [5.41, 5.74) is 10.7. The highest BCUT2D eigenvalue weighted by Crippen LogP contribution is 2.10. The maximum Gasteiger partial charge on any atom is 0.251 e. The summed E-state index contributed by atoms with van der Waals surface area (Å²) < 4.78 is 1.69. The minimum absolute atomic E-state index is 0.0155. The Kier molecular flexibility index (Phi) is 4.62. The Balaban J connectivity index is 1.77. The molecule has 0 unspecified atom stereocenters. The van der Waals surface area contributed by atoms with Crippen LogP contribution in [0.5, 0.6) is 0 Å². The van der Waals surface area contributed by atoms with Crippen LogP contribution >= 0.6 is 0 Å². The van der Waals surface area contributed by atoms with Gasteiger partial charge in [-0.3, -0.25) is 4.79 Å². The van der Waals surface area contributed by atoms with Crippen LogP contribution in [0.1, 0.15) is 22.3 Å². The Bertz CT molecular complexity index is 921. The van der Waals surface area contributed by atoms with E-state index in [2.05, 4.69) is 19.1 Å². The van der Waals surface area contributed by atoms with Crippen molar-refractivity contribution in [2.24, 2.45) is 0 Å². The van der Waals surface area contributed by atoms with Gasteiger partial charge in [-0.05, 0) is 41.8 Å². The van der Waals surface area contributed by atoms with Gasteiger partial charge < -0.3 is 10.3 Å². The first kappa shape index (κ1) is 15.8. The molecule has 3 nitrogen and oxygen atoms in total. The van der Waals surface area contributed by atoms with E-state index in [4.69, 9.17) is 5.73 Å². The molecule has 2 aromatic carbocycles. The standard InChI is InChI=1S/C21H20N2O/c1-16-3-2-4-17(13-16)5-6-18-11-12-23(21(24)14-18)15-19-7-9-20(22)10-8-19/h2-14H,15,22H2,1H3/b6-5+. The molecule has 1 aromatic heterocycles. The molecule has 2 N–H and O–H groups in total. The predicted molar refractivity (Wildman–Crippen MR) is 101 cm³/mol. The number of hydrogen-bond acceptors (Lipinski definition) is 2. The summed E-state index contributed by atoms with van der Waals surface area (Å²) in [7, 11) is 0. The lowest BCUT2D eigenvalue weighted by Crippen LogP contribution is -2.19. The number of pyridine rings is 1. The van der Waals surface area contributed by atoms with Crippen LogP contribution in [0.2, 0.25) is 0 Å². The molecule has 0 aliphatic heterocycles. The van der Waals surface area contributed by atoms with E-state index in [-0.39, 0.29) is 5.56 Å². The maximum absolute atomic E-state index is 12.3. The van der Waals surface area contributed by atoms with Crippen molar-refractivity contribution in [3.63, 3.8) is 0 Å². The predicted octanol–water partition coefficient (Wildman–Crippen LogP) is 3.96. The van der Waals surface area contributed by atoms with E-state index in [1.54, 1.807) is 10.6 Å². The molecule has 0 aliphatic rings. The van der Waals surface area contributed by atoms with Gasteiger partial charge in [-0.25, -0.2) is 0 Å². The van der Waals surface area contributed by atoms with Crippen LogP contribution in [-0.4, -0.2) is 4.57 Å². The monoisotopic (exact) mass is 316 g/mol. The third-order valence-electron chi connectivity index (χ3n) is 3.86. The number of anilines is 1. The number of nitrogens with two attached hydrogens (primary N) is 1. The number of nitrogen functional groups attached to an aromatic ring is 1. The van der Waals surface area contributed by atoms with Crippen LogP contribution in [0, 0.1) is 6.92 Å². The van der Waals surface area contributed by atoms with Gasteiger partial charge in [0.2, 0.25) is 0 Å². The quantitative estimate of drug-likeness (QED) is 0.741. The van der Waals surface area contributed by atoms with E-state index in [9.17, 15) is 4.79 Å². The van der Waals surface area contributed by atoms with Gasteiger partial charge in [0.25, 0.3) is 5.56 Å². The third-order valence-corrected chi connectivity index (χ3v) is 3.86. The van der Waals surface area contributed by atoms with Gasteiger partial charge in [0.05, 0.1) is 6.54 Å². The molecule has 0 radical (unpaired) electrons. The molecule has 3 aromatic rings. The summed E-state index contributed by atoms with van der Waals surface area (Å²) in [5.74, 6) is 0. The summed E-state index contributed by atoms with van der Waals surface area (Å²) in [4.78, 5) is 12.3. The molecule has 1 heterocycles. The number of hydrogen-bond donors (Lipinski definition) is 1. The van der Waals surface area contributed by atoms with E-state index in [0.29, 0.717) is 6.54 Å². The Morgan fingerprint density at radius 3 is 2.33 bits per heavy atom. The van der Waals surface area contributed by atoms with E-state index < -0.39 is 0 Å². The van der Waals surface area contributed by atoms with Crippen molar-refractivity contribution in [3.05, 3.63) is 99.5 Å². The lowest BCUT2D eigenvalue weighted by molar-refractivity contribution is 0.759. The van der Waals surface area contributed by atoms with E-state index in [1.807, 2.05) is 60.8 Å². The summed E-state index contributed by atoms with van der Waals surface area (Å²) in [5, 5.41) is 0. The van der Waals surface area contributed by atoms with Crippen molar-refractivity contribution in [1.29, 1.82) is 0 Å². The van der Waals surface area contributed by atoms with Gasteiger partial charge in [-0.2, -0.15) is 0 Å². The maximum atomic E-state index is 12.3. The molecule has 0 spiro atoms. The number of nitrogens with zero attached hydrogens (tertiary/aromatic N) is 1. The van der Waals surface area contributed by atoms with Crippen molar-refractivity contribution in [2.45, 2.75) is 13.5 Å². The molecule has 0 bridgehead atoms. The second-order valence-corrected chi connectivity index (χ2v) is 5.92. The van der Waals surface area contributed by atoms with Gasteiger partial charge in [0.1, 0.15) is 0 Å².